The van der Waals surface area contributed by atoms with Crippen LogP contribution < -0.4 is 0 Å². The summed E-state index contributed by atoms with van der Waals surface area (Å²) < 4.78 is 0. The summed E-state index contributed by atoms with van der Waals surface area (Å²) in [5.74, 6) is 0. The lowest BCUT2D eigenvalue weighted by Crippen LogP contribution is -2.24. The van der Waals surface area contributed by atoms with Gasteiger partial charge in [0.05, 0.1) is 28.3 Å². The van der Waals surface area contributed by atoms with Gasteiger partial charge in [-0.3, -0.25) is 15.0 Å². The van der Waals surface area contributed by atoms with Crippen molar-refractivity contribution in [2.45, 2.75) is 19.3 Å². The van der Waals surface area contributed by atoms with Gasteiger partial charge < -0.3 is 0 Å². The van der Waals surface area contributed by atoms with Crippen LogP contribution in [0.5, 0.6) is 0 Å². The molecule has 7 rings (SSSR count). The first-order chi connectivity index (χ1) is 21.1. The zero-order valence-electron chi connectivity index (χ0n) is 24.3. The quantitative estimate of drug-likeness (QED) is 0.206. The Kier molecular flexibility index (Phi) is 6.84. The minimum atomic E-state index is -0.495. The molecule has 0 bridgehead atoms. The van der Waals surface area contributed by atoms with E-state index in [1.54, 1.807) is 0 Å². The first-order valence-electron chi connectivity index (χ1n) is 14.6. The Morgan fingerprint density at radius 3 is 1.88 bits per heavy atom. The number of fused-ring (bicyclic) bond motifs is 1. The molecule has 0 amide bonds. The summed E-state index contributed by atoms with van der Waals surface area (Å²) in [5, 5.41) is 1.12. The fourth-order valence-corrected chi connectivity index (χ4v) is 5.81. The van der Waals surface area contributed by atoms with E-state index in [1.807, 2.05) is 24.4 Å². The van der Waals surface area contributed by atoms with E-state index >= 15 is 0 Å². The minimum Gasteiger partial charge on any atom is -0.256 e. The molecule has 0 aliphatic carbocycles. The lowest BCUT2D eigenvalue weighted by molar-refractivity contribution is 0.599. The Morgan fingerprint density at radius 2 is 1.14 bits per heavy atom. The van der Waals surface area contributed by atoms with Gasteiger partial charge in [-0.25, -0.2) is 0 Å². The Morgan fingerprint density at radius 1 is 0.465 bits per heavy atom. The van der Waals surface area contributed by atoms with E-state index in [2.05, 4.69) is 146 Å². The average Bonchev–Trinajstić information content (AvgIpc) is 3.08. The molecule has 0 unspecified atom stereocenters. The molecule has 4 aromatic carbocycles. The molecule has 3 nitrogen and oxygen atoms in total. The van der Waals surface area contributed by atoms with Gasteiger partial charge in [-0.2, -0.15) is 0 Å². The molecule has 7 aromatic rings. The van der Waals surface area contributed by atoms with Gasteiger partial charge in [0.2, 0.25) is 0 Å². The van der Waals surface area contributed by atoms with Crippen LogP contribution in [0.1, 0.15) is 25.2 Å². The summed E-state index contributed by atoms with van der Waals surface area (Å²) in [6.45, 7) is 4.46. The highest BCUT2D eigenvalue weighted by molar-refractivity contribution is 5.90. The van der Waals surface area contributed by atoms with Crippen molar-refractivity contribution < 1.29 is 0 Å². The van der Waals surface area contributed by atoms with Crippen molar-refractivity contribution in [3.8, 4) is 44.8 Å². The first kappa shape index (κ1) is 26.5. The van der Waals surface area contributed by atoms with Crippen molar-refractivity contribution in [1.29, 1.82) is 0 Å². The fourth-order valence-electron chi connectivity index (χ4n) is 5.81. The van der Waals surface area contributed by atoms with E-state index in [0.29, 0.717) is 0 Å². The molecule has 0 N–H and O–H groups in total. The van der Waals surface area contributed by atoms with Crippen LogP contribution in [0.2, 0.25) is 0 Å². The lowest BCUT2D eigenvalue weighted by atomic mass is 9.79. The second-order valence-electron chi connectivity index (χ2n) is 11.3. The maximum absolute atomic E-state index is 5.40. The van der Waals surface area contributed by atoms with E-state index in [4.69, 9.17) is 9.97 Å². The van der Waals surface area contributed by atoms with Crippen molar-refractivity contribution in [2.75, 3.05) is 0 Å². The Bertz CT molecular complexity index is 2050. The summed E-state index contributed by atoms with van der Waals surface area (Å²) in [5.41, 5.74) is 11.1. The molecule has 0 atom stereocenters. The van der Waals surface area contributed by atoms with Crippen LogP contribution >= 0.6 is 0 Å². The van der Waals surface area contributed by atoms with Gasteiger partial charge in [-0.05, 0) is 66.9 Å². The summed E-state index contributed by atoms with van der Waals surface area (Å²) in [4.78, 5) is 15.1. The largest absolute Gasteiger partial charge is 0.256 e. The second kappa shape index (κ2) is 11.1. The third kappa shape index (κ3) is 5.11. The lowest BCUT2D eigenvalue weighted by Gasteiger charge is -2.28. The van der Waals surface area contributed by atoms with E-state index < -0.39 is 5.41 Å². The molecule has 0 saturated heterocycles. The highest BCUT2D eigenvalue weighted by Gasteiger charge is 2.31. The molecular formula is C40H31N3. The summed E-state index contributed by atoms with van der Waals surface area (Å²) >= 11 is 0. The maximum Gasteiger partial charge on any atom is 0.0706 e. The van der Waals surface area contributed by atoms with Crippen molar-refractivity contribution in [2.24, 2.45) is 0 Å². The van der Waals surface area contributed by atoms with E-state index in [0.717, 1.165) is 67.1 Å². The van der Waals surface area contributed by atoms with Crippen molar-refractivity contribution in [3.63, 3.8) is 0 Å². The maximum atomic E-state index is 5.40. The summed E-state index contributed by atoms with van der Waals surface area (Å²) in [6, 6.07) is 50.6. The number of hydrogen-bond acceptors (Lipinski definition) is 3. The smallest absolute Gasteiger partial charge is 0.0706 e. The standard InChI is InChI=1S/C40H31N3/c1-40(2,38-21-11-20-36(42-38)28-13-5-3-6-14-28)39-34(23-25-37(43-39)29-15-7-4-8-16-29)33-19-10-9-18-32(33)30-22-24-35-31(27-30)17-12-26-41-35/h3-27H,1-2H3. The van der Waals surface area contributed by atoms with Crippen LogP contribution in [-0.4, -0.2) is 15.0 Å². The minimum absolute atomic E-state index is 0.495. The van der Waals surface area contributed by atoms with Crippen molar-refractivity contribution >= 4 is 10.9 Å². The van der Waals surface area contributed by atoms with Crippen LogP contribution in [0.15, 0.2) is 152 Å². The molecular weight excluding hydrogens is 522 g/mol. The third-order valence-corrected chi connectivity index (χ3v) is 8.15. The molecule has 0 fully saturated rings. The first-order valence-corrected chi connectivity index (χ1v) is 14.6. The van der Waals surface area contributed by atoms with Gasteiger partial charge in [0.15, 0.2) is 0 Å². The molecule has 0 aliphatic rings. The van der Waals surface area contributed by atoms with Gasteiger partial charge in [-0.1, -0.05) is 109 Å². The van der Waals surface area contributed by atoms with Crippen LogP contribution in [0, 0.1) is 0 Å². The predicted molar refractivity (Wildman–Crippen MR) is 178 cm³/mol. The van der Waals surface area contributed by atoms with E-state index in [-0.39, 0.29) is 0 Å². The van der Waals surface area contributed by atoms with Gasteiger partial charge in [0, 0.05) is 33.7 Å². The Labute approximate surface area is 252 Å². The Hall–Kier alpha value is -5.41. The second-order valence-corrected chi connectivity index (χ2v) is 11.3. The topological polar surface area (TPSA) is 38.7 Å². The predicted octanol–water partition coefficient (Wildman–Crippen LogP) is 10.0. The van der Waals surface area contributed by atoms with E-state index in [1.165, 1.54) is 0 Å². The van der Waals surface area contributed by atoms with Crippen molar-refractivity contribution in [1.82, 2.24) is 15.0 Å². The molecule has 43 heavy (non-hydrogen) atoms. The summed E-state index contributed by atoms with van der Waals surface area (Å²) in [6.07, 6.45) is 1.84. The zero-order valence-corrected chi connectivity index (χ0v) is 24.3. The number of rotatable bonds is 6. The van der Waals surface area contributed by atoms with Gasteiger partial charge >= 0.3 is 0 Å². The van der Waals surface area contributed by atoms with Crippen LogP contribution in [-0.2, 0) is 5.41 Å². The number of benzene rings is 4. The number of aromatic nitrogens is 3. The number of pyridine rings is 3. The zero-order chi connectivity index (χ0) is 29.2. The van der Waals surface area contributed by atoms with Gasteiger partial charge in [0.1, 0.15) is 0 Å². The normalized spacial score (nSPS) is 11.5. The van der Waals surface area contributed by atoms with Gasteiger partial charge in [-0.15, -0.1) is 0 Å². The molecule has 3 aromatic heterocycles. The highest BCUT2D eigenvalue weighted by Crippen LogP contribution is 2.41. The van der Waals surface area contributed by atoms with Gasteiger partial charge in [0.25, 0.3) is 0 Å². The number of hydrogen-bond donors (Lipinski definition) is 0. The molecule has 3 heterocycles. The molecule has 0 saturated carbocycles. The number of nitrogens with zero attached hydrogens (tertiary/aromatic N) is 3. The molecule has 0 aliphatic heterocycles. The SMILES string of the molecule is CC(C)(c1cccc(-c2ccccc2)n1)c1nc(-c2ccccc2)ccc1-c1ccccc1-c1ccc2ncccc2c1. The molecule has 206 valence electrons. The monoisotopic (exact) mass is 553 g/mol. The summed E-state index contributed by atoms with van der Waals surface area (Å²) in [7, 11) is 0. The van der Waals surface area contributed by atoms with E-state index in [9.17, 15) is 0 Å². The van der Waals surface area contributed by atoms with Crippen LogP contribution in [0.4, 0.5) is 0 Å². The fraction of sp³-hybridized carbons (Fsp3) is 0.0750. The average molecular weight is 554 g/mol. The van der Waals surface area contributed by atoms with Crippen LogP contribution in [0.3, 0.4) is 0 Å². The molecule has 0 radical (unpaired) electrons. The van der Waals surface area contributed by atoms with Crippen molar-refractivity contribution in [3.05, 3.63) is 163 Å². The molecule has 0 spiro atoms. The third-order valence-electron chi connectivity index (χ3n) is 8.15. The highest BCUT2D eigenvalue weighted by atomic mass is 14.8. The Balaban J connectivity index is 1.43. The van der Waals surface area contributed by atoms with Crippen LogP contribution in [0.25, 0.3) is 55.7 Å². The molecule has 3 heteroatoms.